The Kier molecular flexibility index (Phi) is 26.7. The van der Waals surface area contributed by atoms with Gasteiger partial charge in [-0.2, -0.15) is 0 Å². The number of aliphatic imine (C=N–C) groups is 2. The van der Waals surface area contributed by atoms with Crippen LogP contribution in [0.5, 0.6) is 0 Å². The second kappa shape index (κ2) is 31.7. The van der Waals surface area contributed by atoms with Crippen molar-refractivity contribution in [1.82, 2.24) is 36.8 Å². The van der Waals surface area contributed by atoms with Crippen LogP contribution in [0.3, 0.4) is 0 Å². The lowest BCUT2D eigenvalue weighted by Crippen LogP contribution is -2.59. The van der Waals surface area contributed by atoms with Crippen LogP contribution in [-0.2, 0) is 54.3 Å². The predicted molar refractivity (Wildman–Crippen MR) is 279 cm³/mol. The van der Waals surface area contributed by atoms with Gasteiger partial charge < -0.3 is 74.7 Å². The van der Waals surface area contributed by atoms with Gasteiger partial charge in [0.2, 0.25) is 35.4 Å². The van der Waals surface area contributed by atoms with Crippen molar-refractivity contribution in [2.24, 2.45) is 50.7 Å². The molecule has 0 saturated carbocycles. The summed E-state index contributed by atoms with van der Waals surface area (Å²) in [4.78, 5) is 131. The lowest BCUT2D eigenvalue weighted by molar-refractivity contribution is -0.146. The molecule has 1 heterocycles. The lowest BCUT2D eigenvalue weighted by atomic mass is 9.94. The van der Waals surface area contributed by atoms with Crippen molar-refractivity contribution in [3.8, 4) is 0 Å². The number of carboxylic acids is 2. The average Bonchev–Trinajstić information content (AvgIpc) is 3.35. The van der Waals surface area contributed by atoms with E-state index in [0.29, 0.717) is 18.4 Å². The number of nitrogens with one attached hydrogen (secondary N) is 6. The number of amides is 7. The second-order valence-electron chi connectivity index (χ2n) is 18.4. The number of allylic oxidation sites excluding steroid dienone is 2. The zero-order valence-electron chi connectivity index (χ0n) is 43.8. The molecule has 0 aliphatic carbocycles. The number of nitrogens with zero attached hydrogens (tertiary/aromatic N) is 3. The van der Waals surface area contributed by atoms with E-state index in [9.17, 15) is 53.4 Å². The Labute approximate surface area is 437 Å². The summed E-state index contributed by atoms with van der Waals surface area (Å²) in [6, 6.07) is 0.716. The minimum Gasteiger partial charge on any atom is -0.480 e. The first kappa shape index (κ1) is 63.3. The highest BCUT2D eigenvalue weighted by atomic mass is 16.5. The molecule has 1 aromatic carbocycles. The molecule has 1 aliphatic heterocycles. The van der Waals surface area contributed by atoms with E-state index in [2.05, 4.69) is 48.5 Å². The van der Waals surface area contributed by atoms with E-state index in [1.165, 1.54) is 33.9 Å². The number of carboxylic acid groups (broad SMARTS) is 2. The molecule has 2 rings (SSSR count). The summed E-state index contributed by atoms with van der Waals surface area (Å²) in [6.45, 7) is 11.5. The number of nitrogens with two attached hydrogens (primary N) is 4. The Morgan fingerprint density at radius 2 is 1.33 bits per heavy atom. The molecule has 1 saturated heterocycles. The van der Waals surface area contributed by atoms with Crippen LogP contribution in [0, 0.1) is 17.8 Å². The highest BCUT2D eigenvalue weighted by Crippen LogP contribution is 2.19. The molecular formula is C50H77N13O12. The van der Waals surface area contributed by atoms with Crippen molar-refractivity contribution in [1.29, 1.82) is 0 Å². The quantitative estimate of drug-likeness (QED) is 0.0276. The van der Waals surface area contributed by atoms with Gasteiger partial charge in [0, 0.05) is 39.6 Å². The van der Waals surface area contributed by atoms with Crippen LogP contribution in [0.1, 0.15) is 85.1 Å². The van der Waals surface area contributed by atoms with E-state index in [0.717, 1.165) is 10.5 Å². The molecule has 414 valence electrons. The largest absolute Gasteiger partial charge is 0.480 e. The molecule has 16 N–H and O–H groups in total. The van der Waals surface area contributed by atoms with Gasteiger partial charge in [0.1, 0.15) is 35.9 Å². The van der Waals surface area contributed by atoms with Gasteiger partial charge in [-0.1, -0.05) is 81.5 Å². The van der Waals surface area contributed by atoms with Crippen LogP contribution in [0.15, 0.2) is 76.4 Å². The molecule has 0 unspecified atom stereocenters. The molecule has 0 radical (unpaired) electrons. The maximum absolute atomic E-state index is 14.4. The number of benzene rings is 1. The first-order valence-electron chi connectivity index (χ1n) is 24.6. The molecule has 7 amide bonds. The van der Waals surface area contributed by atoms with Crippen LogP contribution in [0.2, 0.25) is 0 Å². The number of hydrogen-bond donors (Lipinski definition) is 12. The highest BCUT2D eigenvalue weighted by Gasteiger charge is 2.37. The molecule has 1 aromatic rings. The topological polar surface area (TPSA) is 408 Å². The molecular weight excluding hydrogens is 975 g/mol. The maximum atomic E-state index is 14.4. The number of ether oxygens (including phenoxy) is 1. The van der Waals surface area contributed by atoms with Gasteiger partial charge in [0.05, 0.1) is 24.0 Å². The highest BCUT2D eigenvalue weighted by molar-refractivity contribution is 6.00. The monoisotopic (exact) mass is 1050 g/mol. The second-order valence-corrected chi connectivity index (χ2v) is 18.4. The van der Waals surface area contributed by atoms with Crippen LogP contribution >= 0.6 is 0 Å². The molecule has 25 nitrogen and oxygen atoms in total. The number of hydrogen-bond acceptors (Lipinski definition) is 12. The molecule has 75 heavy (non-hydrogen) atoms. The number of carbonyl (C=O) groups excluding carboxylic acids is 7. The first-order valence-corrected chi connectivity index (χ1v) is 24.6. The molecule has 1 aliphatic rings. The van der Waals surface area contributed by atoms with Crippen LogP contribution < -0.4 is 54.8 Å². The number of methoxy groups -OCH3 is 1. The molecule has 0 aromatic heterocycles. The maximum Gasteiger partial charge on any atom is 0.327 e. The first-order chi connectivity index (χ1) is 35.3. The molecule has 10 atom stereocenters. The summed E-state index contributed by atoms with van der Waals surface area (Å²) in [5.74, 6) is -12.9. The summed E-state index contributed by atoms with van der Waals surface area (Å²) in [5.41, 5.74) is 23.2. The van der Waals surface area contributed by atoms with Crippen molar-refractivity contribution in [2.45, 2.75) is 128 Å². The zero-order valence-corrected chi connectivity index (χ0v) is 43.8. The summed E-state index contributed by atoms with van der Waals surface area (Å²) in [7, 11) is 2.80. The minimum absolute atomic E-state index is 0.00669. The lowest BCUT2D eigenvalue weighted by Gasteiger charge is -2.28. The van der Waals surface area contributed by atoms with Gasteiger partial charge >= 0.3 is 11.9 Å². The van der Waals surface area contributed by atoms with Crippen molar-refractivity contribution in [2.75, 3.05) is 27.2 Å². The molecule has 25 heteroatoms. The normalized spacial score (nSPS) is 24.4. The van der Waals surface area contributed by atoms with Crippen LogP contribution in [0.25, 0.3) is 0 Å². The standard InChI is InChI=1S/C50H77N13O12/c1-27(25-28(2)38(75-8)26-33-15-10-9-11-16-33)19-20-34-29(3)41(65)61-37(47(71)72)21-22-39(64)63(7)32(6)44(68)57-31(5)43(67)60-35(17-12-13-23-55-49(51)52)46(70)62-40(48(73)74)30(4)42(66)59-36(45(69)58-34)18-14-24-56-50(53)54/h9-11,15-16,19-20,25,28-31,34-38,40H,6,12-14,17-18,21-24,26H2,1-5,7-8H3,(H,57,68)(H,58,69)(H,59,66)(H,60,67)(H,61,65)(H,62,70)(H,71,72)(H,73,74)(H4,51,52,55)(H4,53,54,56)/b20-19+,27-25+/t28-,29-,30-,31+,34-,35-,36-,37+,38-,40+/m0/s1. The van der Waals surface area contributed by atoms with Gasteiger partial charge in [0.25, 0.3) is 5.91 Å². The van der Waals surface area contributed by atoms with E-state index >= 15 is 0 Å². The van der Waals surface area contributed by atoms with Gasteiger partial charge in [0.15, 0.2) is 11.9 Å². The molecule has 0 bridgehead atoms. The Morgan fingerprint density at radius 3 is 1.91 bits per heavy atom. The van der Waals surface area contributed by atoms with E-state index in [-0.39, 0.29) is 62.7 Å². The van der Waals surface area contributed by atoms with Crippen molar-refractivity contribution in [3.63, 3.8) is 0 Å². The third-order valence-electron chi connectivity index (χ3n) is 12.4. The Bertz CT molecular complexity index is 2300. The number of likely N-dealkylation sites (N-methyl/N-ethyl adjacent to an activating group) is 1. The van der Waals surface area contributed by atoms with Crippen LogP contribution in [0.4, 0.5) is 0 Å². The van der Waals surface area contributed by atoms with E-state index in [1.54, 1.807) is 20.1 Å². The average molecular weight is 1050 g/mol. The number of carbonyl (C=O) groups is 9. The van der Waals surface area contributed by atoms with Gasteiger partial charge in [-0.15, -0.1) is 0 Å². The Balaban J connectivity index is 2.74. The number of aliphatic carboxylic acids is 2. The third kappa shape index (κ3) is 22.0. The van der Waals surface area contributed by atoms with Gasteiger partial charge in [-0.3, -0.25) is 43.5 Å². The Hall–Kier alpha value is -7.83. The number of rotatable bonds is 18. The fraction of sp³-hybridized carbons (Fsp3) is 0.540. The van der Waals surface area contributed by atoms with Gasteiger partial charge in [-0.25, -0.2) is 9.59 Å². The van der Waals surface area contributed by atoms with E-state index in [4.69, 9.17) is 27.7 Å². The van der Waals surface area contributed by atoms with E-state index < -0.39 is 120 Å². The number of unbranched alkanes of at least 4 members (excludes halogenated alkanes) is 1. The molecule has 0 spiro atoms. The fourth-order valence-electron chi connectivity index (χ4n) is 7.69. The number of guanidine groups is 2. The molecule has 1 fully saturated rings. The van der Waals surface area contributed by atoms with Gasteiger partial charge in [-0.05, 0) is 64.4 Å². The van der Waals surface area contributed by atoms with Crippen molar-refractivity contribution in [3.05, 3.63) is 72.0 Å². The third-order valence-corrected chi connectivity index (χ3v) is 12.4. The Morgan fingerprint density at radius 1 is 0.773 bits per heavy atom. The summed E-state index contributed by atoms with van der Waals surface area (Å²) in [6.07, 6.45) is 4.96. The zero-order chi connectivity index (χ0) is 56.5. The summed E-state index contributed by atoms with van der Waals surface area (Å²) in [5, 5.41) is 35.5. The summed E-state index contributed by atoms with van der Waals surface area (Å²) < 4.78 is 5.82. The SMILES string of the molecule is C=C1C(=O)N[C@H](C)C(=O)N[C@@H](CCCCN=C(N)N)C(=O)N[C@@H](C(=O)O)[C@H](C)C(=O)N[C@@H](CCCN=C(N)N)C(=O)N[C@@H](/C=C/C(C)=C/[C@H](C)[C@H](Cc2ccccc2)OC)[C@H](C)C(=O)N[C@@H](C(=O)O)CCC(=O)N1C. The minimum atomic E-state index is -1.93. The van der Waals surface area contributed by atoms with Crippen LogP contribution in [-0.4, -0.2) is 150 Å². The van der Waals surface area contributed by atoms with E-state index in [1.807, 2.05) is 43.3 Å². The summed E-state index contributed by atoms with van der Waals surface area (Å²) >= 11 is 0. The predicted octanol–water partition coefficient (Wildman–Crippen LogP) is -0.984. The van der Waals surface area contributed by atoms with Crippen molar-refractivity contribution >= 4 is 65.2 Å². The smallest absolute Gasteiger partial charge is 0.327 e. The van der Waals surface area contributed by atoms with Crippen molar-refractivity contribution < 1.29 is 58.1 Å². The fourth-order valence-corrected chi connectivity index (χ4v) is 7.69.